The Morgan fingerprint density at radius 3 is 2.43 bits per heavy atom. The second-order valence-electron chi connectivity index (χ2n) is 5.83. The van der Waals surface area contributed by atoms with Crippen LogP contribution in [-0.4, -0.2) is 60.1 Å². The van der Waals surface area contributed by atoms with Crippen molar-refractivity contribution in [3.63, 3.8) is 0 Å². The van der Waals surface area contributed by atoms with Gasteiger partial charge in [-0.2, -0.15) is 0 Å². The Kier molecular flexibility index (Phi) is 4.93. The molecule has 6 nitrogen and oxygen atoms in total. The molecule has 3 heterocycles. The van der Waals surface area contributed by atoms with Crippen LogP contribution < -0.4 is 9.80 Å². The number of nitrogens with zero attached hydrogens (tertiary/aromatic N) is 6. The summed E-state index contributed by atoms with van der Waals surface area (Å²) >= 11 is 5.88. The van der Waals surface area contributed by atoms with Crippen molar-refractivity contribution in [2.45, 2.75) is 6.54 Å². The van der Waals surface area contributed by atoms with E-state index in [4.69, 9.17) is 11.6 Å². The van der Waals surface area contributed by atoms with Gasteiger partial charge in [-0.05, 0) is 12.1 Å². The zero-order chi connectivity index (χ0) is 16.2. The van der Waals surface area contributed by atoms with Crippen molar-refractivity contribution in [1.29, 1.82) is 0 Å². The van der Waals surface area contributed by atoms with Crippen LogP contribution in [0, 0.1) is 0 Å². The van der Waals surface area contributed by atoms with E-state index in [1.807, 2.05) is 31.1 Å². The maximum Gasteiger partial charge on any atom is 0.172 e. The van der Waals surface area contributed by atoms with Gasteiger partial charge < -0.3 is 9.80 Å². The highest BCUT2D eigenvalue weighted by Crippen LogP contribution is 2.23. The fraction of sp³-hybridized carbons (Fsp3) is 0.438. The van der Waals surface area contributed by atoms with E-state index < -0.39 is 0 Å². The number of hydrogen-bond donors (Lipinski definition) is 0. The van der Waals surface area contributed by atoms with Crippen molar-refractivity contribution in [2.75, 3.05) is 50.1 Å². The summed E-state index contributed by atoms with van der Waals surface area (Å²) < 4.78 is 0. The minimum atomic E-state index is 0.678. The van der Waals surface area contributed by atoms with Crippen LogP contribution in [0.2, 0.25) is 5.02 Å². The third kappa shape index (κ3) is 3.89. The lowest BCUT2D eigenvalue weighted by atomic mass is 10.2. The molecule has 2 aromatic heterocycles. The quantitative estimate of drug-likeness (QED) is 0.852. The van der Waals surface area contributed by atoms with Crippen LogP contribution >= 0.6 is 11.6 Å². The zero-order valence-electron chi connectivity index (χ0n) is 13.5. The monoisotopic (exact) mass is 332 g/mol. The molecular weight excluding hydrogens is 312 g/mol. The molecule has 0 N–H and O–H groups in total. The first kappa shape index (κ1) is 16.0. The lowest BCUT2D eigenvalue weighted by Crippen LogP contribution is -2.46. The van der Waals surface area contributed by atoms with E-state index in [1.165, 1.54) is 0 Å². The van der Waals surface area contributed by atoms with E-state index in [2.05, 4.69) is 24.8 Å². The second-order valence-corrected chi connectivity index (χ2v) is 6.27. The Balaban J connectivity index is 1.61. The normalized spacial score (nSPS) is 15.7. The number of piperazine rings is 1. The molecule has 1 saturated heterocycles. The smallest absolute Gasteiger partial charge is 0.172 e. The highest BCUT2D eigenvalue weighted by atomic mass is 35.5. The lowest BCUT2D eigenvalue weighted by Gasteiger charge is -2.36. The summed E-state index contributed by atoms with van der Waals surface area (Å²) in [5, 5.41) is 0.678. The second kappa shape index (κ2) is 7.10. The number of aromatic nitrogens is 3. The summed E-state index contributed by atoms with van der Waals surface area (Å²) in [7, 11) is 3.99. The molecule has 3 rings (SSSR count). The molecule has 0 bridgehead atoms. The van der Waals surface area contributed by atoms with Crippen molar-refractivity contribution in [3.05, 3.63) is 41.4 Å². The fourth-order valence-corrected chi connectivity index (χ4v) is 2.82. The summed E-state index contributed by atoms with van der Waals surface area (Å²) in [6, 6.07) is 3.88. The van der Waals surface area contributed by atoms with Crippen molar-refractivity contribution >= 4 is 23.2 Å². The van der Waals surface area contributed by atoms with Gasteiger partial charge in [-0.1, -0.05) is 11.6 Å². The summed E-state index contributed by atoms with van der Waals surface area (Å²) in [5.74, 6) is 1.88. The van der Waals surface area contributed by atoms with E-state index in [1.54, 1.807) is 18.6 Å². The molecule has 1 fully saturated rings. The van der Waals surface area contributed by atoms with Crippen molar-refractivity contribution in [2.24, 2.45) is 0 Å². The number of rotatable bonds is 4. The van der Waals surface area contributed by atoms with Gasteiger partial charge in [0, 0.05) is 65.4 Å². The lowest BCUT2D eigenvalue weighted by molar-refractivity contribution is 0.246. The van der Waals surface area contributed by atoms with Gasteiger partial charge in [-0.15, -0.1) is 0 Å². The van der Waals surface area contributed by atoms with E-state index in [0.29, 0.717) is 5.02 Å². The molecule has 0 aromatic carbocycles. The molecule has 0 unspecified atom stereocenters. The predicted molar refractivity (Wildman–Crippen MR) is 93.1 cm³/mol. The van der Waals surface area contributed by atoms with Crippen LogP contribution in [0.5, 0.6) is 0 Å². The largest absolute Gasteiger partial charge is 0.360 e. The molecule has 23 heavy (non-hydrogen) atoms. The molecule has 0 saturated carbocycles. The standard InChI is InChI=1S/C16H21ClN6/c1-21(2)15-16(19-6-5-18-15)23-9-7-22(8-10-23)12-14-4-3-13(17)11-20-14/h3-6,11H,7-10,12H2,1-2H3. The maximum absolute atomic E-state index is 5.88. The minimum absolute atomic E-state index is 0.678. The van der Waals surface area contributed by atoms with Gasteiger partial charge in [0.05, 0.1) is 10.7 Å². The summed E-state index contributed by atoms with van der Waals surface area (Å²) in [5.41, 5.74) is 1.05. The Bertz CT molecular complexity index is 637. The van der Waals surface area contributed by atoms with Gasteiger partial charge >= 0.3 is 0 Å². The van der Waals surface area contributed by atoms with Gasteiger partial charge in [0.25, 0.3) is 0 Å². The number of halogens is 1. The Labute approximate surface area is 141 Å². The first-order chi connectivity index (χ1) is 11.1. The average molecular weight is 333 g/mol. The molecule has 0 radical (unpaired) electrons. The molecule has 1 aliphatic rings. The van der Waals surface area contributed by atoms with Crippen LogP contribution in [0.1, 0.15) is 5.69 Å². The summed E-state index contributed by atoms with van der Waals surface area (Å²) in [4.78, 5) is 20.0. The predicted octanol–water partition coefficient (Wildman–Crippen LogP) is 1.91. The topological polar surface area (TPSA) is 48.4 Å². The van der Waals surface area contributed by atoms with Crippen molar-refractivity contribution in [1.82, 2.24) is 19.9 Å². The highest BCUT2D eigenvalue weighted by Gasteiger charge is 2.21. The number of hydrogen-bond acceptors (Lipinski definition) is 6. The van der Waals surface area contributed by atoms with E-state index in [0.717, 1.165) is 50.1 Å². The molecule has 2 aromatic rings. The van der Waals surface area contributed by atoms with E-state index in [9.17, 15) is 0 Å². The molecule has 0 atom stereocenters. The Morgan fingerprint density at radius 1 is 1.04 bits per heavy atom. The van der Waals surface area contributed by atoms with Gasteiger partial charge in [-0.25, -0.2) is 9.97 Å². The van der Waals surface area contributed by atoms with Crippen molar-refractivity contribution < 1.29 is 0 Å². The first-order valence-electron chi connectivity index (χ1n) is 7.69. The molecule has 0 spiro atoms. The van der Waals surface area contributed by atoms with Crippen LogP contribution in [0.4, 0.5) is 11.6 Å². The SMILES string of the molecule is CN(C)c1nccnc1N1CCN(Cc2ccc(Cl)cn2)CC1. The van der Waals surface area contributed by atoms with Crippen LogP contribution in [-0.2, 0) is 6.54 Å². The molecule has 0 amide bonds. The highest BCUT2D eigenvalue weighted by molar-refractivity contribution is 6.30. The summed E-state index contributed by atoms with van der Waals surface area (Å²) in [6.45, 7) is 4.69. The van der Waals surface area contributed by atoms with Gasteiger partial charge in [0.15, 0.2) is 11.6 Å². The molecule has 0 aliphatic carbocycles. The third-order valence-corrected chi connectivity index (χ3v) is 4.15. The molecule has 1 aliphatic heterocycles. The van der Waals surface area contributed by atoms with Crippen LogP contribution in [0.15, 0.2) is 30.7 Å². The third-order valence-electron chi connectivity index (χ3n) is 3.93. The molecule has 122 valence electrons. The fourth-order valence-electron chi connectivity index (χ4n) is 2.71. The maximum atomic E-state index is 5.88. The Hall–Kier alpha value is -1.92. The van der Waals surface area contributed by atoms with Gasteiger partial charge in [0.2, 0.25) is 0 Å². The van der Waals surface area contributed by atoms with E-state index >= 15 is 0 Å². The van der Waals surface area contributed by atoms with Crippen LogP contribution in [0.25, 0.3) is 0 Å². The minimum Gasteiger partial charge on any atom is -0.360 e. The molecular formula is C16H21ClN6. The Morgan fingerprint density at radius 2 is 1.78 bits per heavy atom. The van der Waals surface area contributed by atoms with Crippen molar-refractivity contribution in [3.8, 4) is 0 Å². The van der Waals surface area contributed by atoms with E-state index in [-0.39, 0.29) is 0 Å². The van der Waals surface area contributed by atoms with Gasteiger partial charge in [-0.3, -0.25) is 9.88 Å². The number of pyridine rings is 1. The number of anilines is 2. The van der Waals surface area contributed by atoms with Gasteiger partial charge in [0.1, 0.15) is 0 Å². The zero-order valence-corrected chi connectivity index (χ0v) is 14.2. The van der Waals surface area contributed by atoms with Crippen LogP contribution in [0.3, 0.4) is 0 Å². The summed E-state index contributed by atoms with van der Waals surface area (Å²) in [6.07, 6.45) is 5.20. The first-order valence-corrected chi connectivity index (χ1v) is 8.07. The molecule has 7 heteroatoms. The average Bonchev–Trinajstić information content (AvgIpc) is 2.58.